The number of hydrogen-bond donors (Lipinski definition) is 1. The van der Waals surface area contributed by atoms with Crippen LogP contribution in [0.1, 0.15) is 58.4 Å². The molecular weight excluding hydrogens is 500 g/mol. The highest BCUT2D eigenvalue weighted by atomic mass is 16.6. The van der Waals surface area contributed by atoms with Crippen molar-refractivity contribution in [3.05, 3.63) is 23.8 Å². The second-order valence-electron chi connectivity index (χ2n) is 11.9. The van der Waals surface area contributed by atoms with E-state index in [-0.39, 0.29) is 30.8 Å². The first-order chi connectivity index (χ1) is 18.5. The van der Waals surface area contributed by atoms with Gasteiger partial charge < -0.3 is 14.4 Å². The number of urea groups is 1. The van der Waals surface area contributed by atoms with Gasteiger partial charge in [0.15, 0.2) is 6.61 Å². The molecular formula is C29H42N4O6. The quantitative estimate of drug-likeness (QED) is 0.528. The summed E-state index contributed by atoms with van der Waals surface area (Å²) in [5, 5.41) is 2.33. The lowest BCUT2D eigenvalue weighted by molar-refractivity contribution is -0.156. The molecule has 3 saturated heterocycles. The van der Waals surface area contributed by atoms with Crippen molar-refractivity contribution in [2.24, 2.45) is 11.8 Å². The maximum Gasteiger partial charge on any atom is 0.328 e. The first kappa shape index (κ1) is 28.9. The van der Waals surface area contributed by atoms with E-state index in [0.29, 0.717) is 30.7 Å². The minimum atomic E-state index is -0.453. The Morgan fingerprint density at radius 1 is 0.974 bits per heavy atom. The average molecular weight is 543 g/mol. The third-order valence-corrected chi connectivity index (χ3v) is 7.84. The largest absolute Gasteiger partial charge is 0.484 e. The minimum Gasteiger partial charge on any atom is -0.484 e. The van der Waals surface area contributed by atoms with E-state index in [1.54, 1.807) is 17.0 Å². The Bertz CT molecular complexity index is 1070. The Kier molecular flexibility index (Phi) is 9.15. The summed E-state index contributed by atoms with van der Waals surface area (Å²) in [6.45, 7) is 11.5. The molecule has 0 bridgehead atoms. The van der Waals surface area contributed by atoms with Gasteiger partial charge in [0.05, 0.1) is 6.54 Å². The smallest absolute Gasteiger partial charge is 0.328 e. The predicted molar refractivity (Wildman–Crippen MR) is 146 cm³/mol. The van der Waals surface area contributed by atoms with Crippen molar-refractivity contribution in [1.29, 1.82) is 0 Å². The number of benzene rings is 1. The van der Waals surface area contributed by atoms with Crippen LogP contribution in [-0.4, -0.2) is 85.1 Å². The number of hydrogen-bond acceptors (Lipinski definition) is 7. The molecule has 10 nitrogen and oxygen atoms in total. The highest BCUT2D eigenvalue weighted by molar-refractivity contribution is 6.05. The number of rotatable bonds is 7. The van der Waals surface area contributed by atoms with E-state index >= 15 is 0 Å². The van der Waals surface area contributed by atoms with Crippen molar-refractivity contribution < 1.29 is 28.7 Å². The van der Waals surface area contributed by atoms with Crippen LogP contribution in [0.3, 0.4) is 0 Å². The Morgan fingerprint density at radius 2 is 1.62 bits per heavy atom. The van der Waals surface area contributed by atoms with Crippen LogP contribution in [-0.2, 0) is 19.1 Å². The van der Waals surface area contributed by atoms with Crippen LogP contribution in [0.25, 0.3) is 0 Å². The number of esters is 1. The summed E-state index contributed by atoms with van der Waals surface area (Å²) in [7, 11) is 0. The molecule has 214 valence electrons. The summed E-state index contributed by atoms with van der Waals surface area (Å²) in [6.07, 6.45) is 4.42. The number of imide groups is 1. The van der Waals surface area contributed by atoms with Crippen LogP contribution in [0, 0.1) is 18.8 Å². The number of likely N-dealkylation sites (tertiary alicyclic amines) is 2. The van der Waals surface area contributed by atoms with E-state index in [1.807, 2.05) is 38.7 Å². The van der Waals surface area contributed by atoms with Gasteiger partial charge in [-0.1, -0.05) is 0 Å². The molecule has 1 N–H and O–H groups in total. The Hall–Kier alpha value is -3.14. The van der Waals surface area contributed by atoms with Gasteiger partial charge in [0.1, 0.15) is 11.4 Å². The van der Waals surface area contributed by atoms with Gasteiger partial charge in [-0.2, -0.15) is 0 Å². The fourth-order valence-electron chi connectivity index (χ4n) is 5.81. The van der Waals surface area contributed by atoms with Crippen LogP contribution in [0.15, 0.2) is 18.2 Å². The molecule has 3 aliphatic heterocycles. The van der Waals surface area contributed by atoms with Crippen molar-refractivity contribution in [3.63, 3.8) is 0 Å². The molecule has 3 heterocycles. The highest BCUT2D eigenvalue weighted by Gasteiger charge is 2.32. The molecule has 3 fully saturated rings. The van der Waals surface area contributed by atoms with E-state index in [0.717, 1.165) is 63.1 Å². The fourth-order valence-corrected chi connectivity index (χ4v) is 5.81. The van der Waals surface area contributed by atoms with Gasteiger partial charge in [0.25, 0.3) is 5.91 Å². The maximum absolute atomic E-state index is 12.8. The molecule has 0 radical (unpaired) electrons. The molecule has 1 aromatic rings. The van der Waals surface area contributed by atoms with Crippen molar-refractivity contribution >= 4 is 29.5 Å². The van der Waals surface area contributed by atoms with E-state index in [4.69, 9.17) is 9.47 Å². The van der Waals surface area contributed by atoms with Crippen molar-refractivity contribution in [2.75, 3.05) is 50.8 Å². The molecule has 1 aromatic carbocycles. The first-order valence-electron chi connectivity index (χ1n) is 14.1. The van der Waals surface area contributed by atoms with E-state index in [9.17, 15) is 19.2 Å². The number of nitrogens with one attached hydrogen (secondary N) is 1. The average Bonchev–Trinajstić information content (AvgIpc) is 2.87. The lowest BCUT2D eigenvalue weighted by Crippen LogP contribution is -2.49. The van der Waals surface area contributed by atoms with Gasteiger partial charge in [0, 0.05) is 31.7 Å². The molecule has 0 saturated carbocycles. The van der Waals surface area contributed by atoms with Crippen LogP contribution in [0.5, 0.6) is 5.75 Å². The summed E-state index contributed by atoms with van der Waals surface area (Å²) in [4.78, 5) is 54.2. The van der Waals surface area contributed by atoms with Crippen molar-refractivity contribution in [2.45, 2.75) is 65.4 Å². The molecule has 0 atom stereocenters. The summed E-state index contributed by atoms with van der Waals surface area (Å²) in [5.74, 6) is 1.37. The van der Waals surface area contributed by atoms with Gasteiger partial charge in [-0.25, -0.2) is 4.79 Å². The molecule has 10 heteroatoms. The zero-order valence-electron chi connectivity index (χ0n) is 23.7. The Labute approximate surface area is 231 Å². The number of aryl methyl sites for hydroxylation is 1. The molecule has 39 heavy (non-hydrogen) atoms. The van der Waals surface area contributed by atoms with Gasteiger partial charge in [0.2, 0.25) is 5.91 Å². The third-order valence-electron chi connectivity index (χ3n) is 7.84. The zero-order chi connectivity index (χ0) is 28.2. The summed E-state index contributed by atoms with van der Waals surface area (Å²) >= 11 is 0. The van der Waals surface area contributed by atoms with Crippen LogP contribution < -0.4 is 15.0 Å². The number of anilines is 1. The summed E-state index contributed by atoms with van der Waals surface area (Å²) in [6, 6.07) is 4.93. The second kappa shape index (κ2) is 12.4. The lowest BCUT2D eigenvalue weighted by Gasteiger charge is -2.40. The number of piperidine rings is 2. The topological polar surface area (TPSA) is 108 Å². The number of amides is 4. The van der Waals surface area contributed by atoms with Crippen LogP contribution in [0.4, 0.5) is 10.5 Å². The van der Waals surface area contributed by atoms with E-state index in [2.05, 4.69) is 10.2 Å². The Balaban J connectivity index is 1.17. The minimum absolute atomic E-state index is 0.0173. The SMILES string of the molecule is Cc1cc(OCC(=O)N2CCC(C3CCN(CC(=O)OC(C)(C)C)CC3)CC2)ccc1N1CCC(=O)NC1=O. The number of nitrogens with zero attached hydrogens (tertiary/aromatic N) is 3. The number of carbonyl (C=O) groups is 4. The molecule has 0 aliphatic carbocycles. The number of carbonyl (C=O) groups excluding carboxylic acids is 4. The third kappa shape index (κ3) is 7.94. The molecule has 4 rings (SSSR count). The van der Waals surface area contributed by atoms with Crippen molar-refractivity contribution in [3.8, 4) is 5.75 Å². The molecule has 0 unspecified atom stereocenters. The number of ether oxygens (including phenoxy) is 2. The van der Waals surface area contributed by atoms with Crippen LogP contribution >= 0.6 is 0 Å². The van der Waals surface area contributed by atoms with E-state index < -0.39 is 11.6 Å². The van der Waals surface area contributed by atoms with Gasteiger partial charge in [-0.3, -0.25) is 29.5 Å². The zero-order valence-corrected chi connectivity index (χ0v) is 23.7. The van der Waals surface area contributed by atoms with Gasteiger partial charge >= 0.3 is 12.0 Å². The first-order valence-corrected chi connectivity index (χ1v) is 14.1. The predicted octanol–water partition coefficient (Wildman–Crippen LogP) is 3.11. The maximum atomic E-state index is 12.8. The van der Waals surface area contributed by atoms with Crippen LogP contribution in [0.2, 0.25) is 0 Å². The van der Waals surface area contributed by atoms with E-state index in [1.165, 1.54) is 0 Å². The molecule has 4 amide bonds. The lowest BCUT2D eigenvalue weighted by atomic mass is 9.79. The molecule has 0 aromatic heterocycles. The fraction of sp³-hybridized carbons (Fsp3) is 0.655. The van der Waals surface area contributed by atoms with Crippen molar-refractivity contribution in [1.82, 2.24) is 15.1 Å². The summed E-state index contributed by atoms with van der Waals surface area (Å²) < 4.78 is 11.3. The standard InChI is InChI=1S/C29H42N4O6/c1-20-17-23(5-6-24(20)33-16-11-25(34)30-28(33)37)38-19-26(35)32-14-9-22(10-15-32)21-7-12-31(13-8-21)18-27(36)39-29(2,3)4/h5-6,17,21-22H,7-16,18-19H2,1-4H3,(H,30,34,37). The monoisotopic (exact) mass is 542 g/mol. The van der Waals surface area contributed by atoms with Gasteiger partial charge in [-0.05, 0) is 102 Å². The second-order valence-corrected chi connectivity index (χ2v) is 11.9. The highest BCUT2D eigenvalue weighted by Crippen LogP contribution is 2.33. The molecule has 3 aliphatic rings. The summed E-state index contributed by atoms with van der Waals surface area (Å²) in [5.41, 5.74) is 1.10. The molecule has 0 spiro atoms. The van der Waals surface area contributed by atoms with Gasteiger partial charge in [-0.15, -0.1) is 0 Å². The normalized spacial score (nSPS) is 20.1. The Morgan fingerprint density at radius 3 is 2.21 bits per heavy atom.